The van der Waals surface area contributed by atoms with Crippen molar-refractivity contribution in [1.82, 2.24) is 15.1 Å². The van der Waals surface area contributed by atoms with Crippen LogP contribution in [-0.2, 0) is 6.54 Å². The maximum absolute atomic E-state index is 3.98. The first-order valence-corrected chi connectivity index (χ1v) is 4.70. The maximum atomic E-state index is 3.98. The van der Waals surface area contributed by atoms with Gasteiger partial charge in [-0.3, -0.25) is 0 Å². The summed E-state index contributed by atoms with van der Waals surface area (Å²) in [6.45, 7) is 0.890. The molecule has 56 valence electrons. The highest BCUT2D eigenvalue weighted by atomic mass is 127. The topological polar surface area (TPSA) is 29.0 Å². The number of halogens is 1. The number of hydrogen-bond acceptors (Lipinski definition) is 4. The second kappa shape index (κ2) is 3.59. The Morgan fingerprint density at radius 3 is 2.60 bits per heavy atom. The molecule has 0 fully saturated rings. The van der Waals surface area contributed by atoms with E-state index in [1.807, 2.05) is 14.1 Å². The molecule has 0 unspecified atom stereocenters. The first kappa shape index (κ1) is 8.35. The first-order chi connectivity index (χ1) is 4.68. The van der Waals surface area contributed by atoms with Gasteiger partial charge < -0.3 is 4.90 Å². The van der Waals surface area contributed by atoms with Gasteiger partial charge in [0.25, 0.3) is 0 Å². The van der Waals surface area contributed by atoms with E-state index in [0.29, 0.717) is 0 Å². The number of nitrogens with zero attached hydrogens (tertiary/aromatic N) is 3. The molecule has 0 aliphatic carbocycles. The van der Waals surface area contributed by atoms with Gasteiger partial charge in [-0.05, 0) is 36.7 Å². The van der Waals surface area contributed by atoms with E-state index in [-0.39, 0.29) is 0 Å². The molecular formula is C5H8IN3S. The lowest BCUT2D eigenvalue weighted by atomic mass is 10.6. The molecule has 1 aromatic rings. The molecule has 1 aromatic heterocycles. The van der Waals surface area contributed by atoms with Crippen molar-refractivity contribution in [3.05, 3.63) is 8.02 Å². The van der Waals surface area contributed by atoms with Crippen LogP contribution in [0.25, 0.3) is 0 Å². The fourth-order valence-electron chi connectivity index (χ4n) is 0.568. The molecule has 0 saturated carbocycles. The van der Waals surface area contributed by atoms with Crippen molar-refractivity contribution in [3.8, 4) is 0 Å². The molecular weight excluding hydrogens is 261 g/mol. The van der Waals surface area contributed by atoms with Gasteiger partial charge in [-0.2, -0.15) is 0 Å². The zero-order valence-corrected chi connectivity index (χ0v) is 8.81. The molecule has 5 heteroatoms. The third-order valence-electron chi connectivity index (χ3n) is 0.894. The van der Waals surface area contributed by atoms with Gasteiger partial charge in [-0.25, -0.2) is 0 Å². The Kier molecular flexibility index (Phi) is 2.99. The normalized spacial score (nSPS) is 10.8. The van der Waals surface area contributed by atoms with Crippen LogP contribution in [0.2, 0.25) is 0 Å². The maximum Gasteiger partial charge on any atom is 0.178 e. The van der Waals surface area contributed by atoms with Gasteiger partial charge in [0.15, 0.2) is 3.01 Å². The van der Waals surface area contributed by atoms with Gasteiger partial charge in [0.2, 0.25) is 0 Å². The Morgan fingerprint density at radius 2 is 2.20 bits per heavy atom. The van der Waals surface area contributed by atoms with Crippen molar-refractivity contribution in [2.75, 3.05) is 14.1 Å². The van der Waals surface area contributed by atoms with Crippen LogP contribution in [0.4, 0.5) is 0 Å². The van der Waals surface area contributed by atoms with Crippen molar-refractivity contribution in [1.29, 1.82) is 0 Å². The summed E-state index contributed by atoms with van der Waals surface area (Å²) in [5, 5.41) is 8.95. The van der Waals surface area contributed by atoms with E-state index < -0.39 is 0 Å². The average molecular weight is 269 g/mol. The fourth-order valence-corrected chi connectivity index (χ4v) is 2.12. The average Bonchev–Trinajstić information content (AvgIpc) is 2.13. The molecule has 0 aromatic carbocycles. The Morgan fingerprint density at radius 1 is 1.50 bits per heavy atom. The molecule has 0 radical (unpaired) electrons. The molecule has 3 nitrogen and oxygen atoms in total. The summed E-state index contributed by atoms with van der Waals surface area (Å²) in [4.78, 5) is 2.08. The summed E-state index contributed by atoms with van der Waals surface area (Å²) >= 11 is 3.81. The minimum Gasteiger partial charge on any atom is -0.303 e. The van der Waals surface area contributed by atoms with Gasteiger partial charge >= 0.3 is 0 Å². The number of aromatic nitrogens is 2. The zero-order chi connectivity index (χ0) is 7.56. The van der Waals surface area contributed by atoms with Crippen molar-refractivity contribution >= 4 is 33.9 Å². The molecule has 0 saturated heterocycles. The molecule has 0 spiro atoms. The van der Waals surface area contributed by atoms with Crippen LogP contribution >= 0.6 is 33.9 Å². The zero-order valence-electron chi connectivity index (χ0n) is 5.83. The van der Waals surface area contributed by atoms with Crippen LogP contribution < -0.4 is 0 Å². The standard InChI is InChI=1S/C5H8IN3S/c1-9(2)3-4-7-8-5(6)10-4/h3H2,1-2H3. The molecule has 10 heavy (non-hydrogen) atoms. The van der Waals surface area contributed by atoms with E-state index in [9.17, 15) is 0 Å². The lowest BCUT2D eigenvalue weighted by Crippen LogP contribution is -2.10. The van der Waals surface area contributed by atoms with Crippen LogP contribution in [0.3, 0.4) is 0 Å². The summed E-state index contributed by atoms with van der Waals surface area (Å²) in [6.07, 6.45) is 0. The summed E-state index contributed by atoms with van der Waals surface area (Å²) in [5.74, 6) is 0. The third-order valence-corrected chi connectivity index (χ3v) is 2.47. The fraction of sp³-hybridized carbons (Fsp3) is 0.600. The Labute approximate surface area is 77.6 Å². The minimum absolute atomic E-state index is 0.890. The second-order valence-corrected chi connectivity index (χ2v) is 5.00. The second-order valence-electron chi connectivity index (χ2n) is 2.19. The SMILES string of the molecule is CN(C)Cc1nnc(I)s1. The quantitative estimate of drug-likeness (QED) is 0.755. The van der Waals surface area contributed by atoms with Crippen LogP contribution in [0, 0.1) is 3.01 Å². The van der Waals surface area contributed by atoms with Crippen LogP contribution in [0.1, 0.15) is 5.01 Å². The summed E-state index contributed by atoms with van der Waals surface area (Å²) in [6, 6.07) is 0. The number of rotatable bonds is 2. The van der Waals surface area contributed by atoms with Gasteiger partial charge in [0.05, 0.1) is 6.54 Å². The summed E-state index contributed by atoms with van der Waals surface area (Å²) in [7, 11) is 4.04. The van der Waals surface area contributed by atoms with Gasteiger partial charge in [-0.1, -0.05) is 11.3 Å². The van der Waals surface area contributed by atoms with Gasteiger partial charge in [0, 0.05) is 0 Å². The molecule has 0 amide bonds. The van der Waals surface area contributed by atoms with Crippen LogP contribution in [0.15, 0.2) is 0 Å². The minimum atomic E-state index is 0.890. The monoisotopic (exact) mass is 269 g/mol. The largest absolute Gasteiger partial charge is 0.303 e. The molecule has 0 aliphatic heterocycles. The van der Waals surface area contributed by atoms with Crippen molar-refractivity contribution in [2.24, 2.45) is 0 Å². The van der Waals surface area contributed by atoms with Crippen molar-refractivity contribution in [3.63, 3.8) is 0 Å². The van der Waals surface area contributed by atoms with E-state index >= 15 is 0 Å². The van der Waals surface area contributed by atoms with E-state index in [1.165, 1.54) is 0 Å². The molecule has 0 N–H and O–H groups in total. The van der Waals surface area contributed by atoms with E-state index in [2.05, 4.69) is 37.7 Å². The van der Waals surface area contributed by atoms with Crippen molar-refractivity contribution in [2.45, 2.75) is 6.54 Å². The molecule has 0 bridgehead atoms. The predicted molar refractivity (Wildman–Crippen MR) is 50.0 cm³/mol. The van der Waals surface area contributed by atoms with Gasteiger partial charge in [-0.15, -0.1) is 10.2 Å². The lowest BCUT2D eigenvalue weighted by molar-refractivity contribution is 0.400. The van der Waals surface area contributed by atoms with E-state index in [1.54, 1.807) is 11.3 Å². The first-order valence-electron chi connectivity index (χ1n) is 2.81. The van der Waals surface area contributed by atoms with Crippen molar-refractivity contribution < 1.29 is 0 Å². The highest BCUT2D eigenvalue weighted by Crippen LogP contribution is 2.12. The van der Waals surface area contributed by atoms with Gasteiger partial charge in [0.1, 0.15) is 5.01 Å². The summed E-state index contributed by atoms with van der Waals surface area (Å²) in [5.41, 5.74) is 0. The highest BCUT2D eigenvalue weighted by Gasteiger charge is 2.00. The van der Waals surface area contributed by atoms with E-state index in [4.69, 9.17) is 0 Å². The Bertz CT molecular complexity index is 210. The van der Waals surface area contributed by atoms with Crippen LogP contribution in [-0.4, -0.2) is 29.2 Å². The predicted octanol–water partition coefficient (Wildman–Crippen LogP) is 1.20. The molecule has 0 aliphatic rings. The Hall–Kier alpha value is 0.250. The molecule has 0 atom stereocenters. The molecule has 1 heterocycles. The highest BCUT2D eigenvalue weighted by molar-refractivity contribution is 14.1. The molecule has 1 rings (SSSR count). The Balaban J connectivity index is 2.58. The van der Waals surface area contributed by atoms with Crippen LogP contribution in [0.5, 0.6) is 0 Å². The van der Waals surface area contributed by atoms with E-state index in [0.717, 1.165) is 14.6 Å². The third kappa shape index (κ3) is 2.47. The number of hydrogen-bond donors (Lipinski definition) is 0. The smallest absolute Gasteiger partial charge is 0.178 e. The lowest BCUT2D eigenvalue weighted by Gasteiger charge is -2.03. The summed E-state index contributed by atoms with van der Waals surface area (Å²) < 4.78 is 1.01.